The molecule has 0 N–H and O–H groups in total. The normalized spacial score (nSPS) is 14.2. The molecule has 0 saturated heterocycles. The van der Waals surface area contributed by atoms with E-state index in [1.807, 2.05) is 60.7 Å². The van der Waals surface area contributed by atoms with Gasteiger partial charge in [-0.05, 0) is 72.7 Å². The predicted molar refractivity (Wildman–Crippen MR) is 128 cm³/mol. The lowest BCUT2D eigenvalue weighted by Crippen LogP contribution is -2.10. The molecule has 0 spiro atoms. The minimum absolute atomic E-state index is 0.0314. The van der Waals surface area contributed by atoms with Crippen molar-refractivity contribution in [1.82, 2.24) is 9.97 Å². The summed E-state index contributed by atoms with van der Waals surface area (Å²) >= 11 is 0. The Morgan fingerprint density at radius 1 is 0.812 bits per heavy atom. The molecule has 0 radical (unpaired) electrons. The molecule has 0 atom stereocenters. The van der Waals surface area contributed by atoms with E-state index in [1.165, 1.54) is 12.8 Å². The van der Waals surface area contributed by atoms with Crippen molar-refractivity contribution in [3.63, 3.8) is 0 Å². The fraction of sp³-hybridized carbons (Fsp3) is 0.179. The summed E-state index contributed by atoms with van der Waals surface area (Å²) < 4.78 is 6.04. The average Bonchev–Trinajstić information content (AvgIpc) is 3.36. The van der Waals surface area contributed by atoms with Crippen LogP contribution >= 0.6 is 0 Å². The zero-order valence-electron chi connectivity index (χ0n) is 17.8. The molecule has 0 bridgehead atoms. The van der Waals surface area contributed by atoms with Gasteiger partial charge in [0.15, 0.2) is 5.78 Å². The van der Waals surface area contributed by atoms with Gasteiger partial charge in [0.25, 0.3) is 0 Å². The lowest BCUT2D eigenvalue weighted by molar-refractivity contribution is 0.104. The van der Waals surface area contributed by atoms with E-state index >= 15 is 0 Å². The number of ketones is 1. The van der Waals surface area contributed by atoms with Crippen LogP contribution in [0.25, 0.3) is 28.2 Å². The maximum absolute atomic E-state index is 12.6. The molecule has 1 aliphatic carbocycles. The van der Waals surface area contributed by atoms with Gasteiger partial charge in [0.2, 0.25) is 0 Å². The van der Waals surface area contributed by atoms with Crippen molar-refractivity contribution in [2.24, 2.45) is 0 Å². The molecule has 3 aromatic carbocycles. The summed E-state index contributed by atoms with van der Waals surface area (Å²) in [6, 6.07) is 21.7. The third-order valence-electron chi connectivity index (χ3n) is 5.88. The Morgan fingerprint density at radius 2 is 1.47 bits per heavy atom. The number of carbonyl (C=O) groups is 1. The molecule has 0 unspecified atom stereocenters. The highest BCUT2D eigenvalue weighted by Crippen LogP contribution is 2.27. The number of ether oxygens (including phenoxy) is 1. The second-order valence-electron chi connectivity index (χ2n) is 8.13. The second kappa shape index (κ2) is 9.15. The van der Waals surface area contributed by atoms with Crippen LogP contribution < -0.4 is 4.74 Å². The highest BCUT2D eigenvalue weighted by molar-refractivity contribution is 6.07. The van der Waals surface area contributed by atoms with Gasteiger partial charge in [0, 0.05) is 18.0 Å². The van der Waals surface area contributed by atoms with Crippen molar-refractivity contribution in [2.45, 2.75) is 31.8 Å². The minimum atomic E-state index is -0.0314. The summed E-state index contributed by atoms with van der Waals surface area (Å²) in [5.74, 6) is 0.897. The third kappa shape index (κ3) is 4.59. The lowest BCUT2D eigenvalue weighted by Gasteiger charge is -2.13. The largest absolute Gasteiger partial charge is 0.490 e. The molecule has 32 heavy (non-hydrogen) atoms. The molecule has 158 valence electrons. The number of allylic oxidation sites excluding steroid dienone is 1. The van der Waals surface area contributed by atoms with Gasteiger partial charge < -0.3 is 4.74 Å². The van der Waals surface area contributed by atoms with E-state index in [1.54, 1.807) is 18.5 Å². The summed E-state index contributed by atoms with van der Waals surface area (Å²) in [5.41, 5.74) is 5.41. The molecule has 1 heterocycles. The fourth-order valence-electron chi connectivity index (χ4n) is 4.10. The molecule has 5 rings (SSSR count). The zero-order chi connectivity index (χ0) is 21.8. The Labute approximate surface area is 187 Å². The van der Waals surface area contributed by atoms with Crippen LogP contribution in [0.1, 0.15) is 41.6 Å². The average molecular weight is 421 g/mol. The molecule has 4 aromatic rings. The van der Waals surface area contributed by atoms with Crippen LogP contribution in [0.3, 0.4) is 0 Å². The summed E-state index contributed by atoms with van der Waals surface area (Å²) in [4.78, 5) is 21.2. The van der Waals surface area contributed by atoms with Gasteiger partial charge in [-0.25, -0.2) is 0 Å². The Hall–Kier alpha value is -3.79. The zero-order valence-corrected chi connectivity index (χ0v) is 17.8. The first-order chi connectivity index (χ1) is 15.7. The molecule has 1 aromatic heterocycles. The highest BCUT2D eigenvalue weighted by Gasteiger charge is 2.16. The third-order valence-corrected chi connectivity index (χ3v) is 5.88. The van der Waals surface area contributed by atoms with Gasteiger partial charge in [-0.15, -0.1) is 0 Å². The summed E-state index contributed by atoms with van der Waals surface area (Å²) in [5, 5.41) is 0. The quantitative estimate of drug-likeness (QED) is 0.263. The number of hydrogen-bond acceptors (Lipinski definition) is 4. The Kier molecular flexibility index (Phi) is 5.75. The molecule has 1 saturated carbocycles. The van der Waals surface area contributed by atoms with Crippen LogP contribution in [0, 0.1) is 0 Å². The summed E-state index contributed by atoms with van der Waals surface area (Å²) in [6.45, 7) is 0. The van der Waals surface area contributed by atoms with Crippen LogP contribution in [0.2, 0.25) is 0 Å². The van der Waals surface area contributed by atoms with Crippen LogP contribution in [-0.2, 0) is 0 Å². The molecule has 1 aliphatic rings. The number of rotatable bonds is 6. The van der Waals surface area contributed by atoms with Crippen LogP contribution in [-0.4, -0.2) is 21.9 Å². The summed E-state index contributed by atoms with van der Waals surface area (Å²) in [7, 11) is 0. The standard InChI is InChI=1S/C28H24N2O2/c31-28(16-6-20-5-15-26-27(19-20)30-18-17-29-26)23-9-7-21(8-10-23)22-11-13-25(14-12-22)32-24-3-1-2-4-24/h5-19,24H,1-4H2/b16-6+. The van der Waals surface area contributed by atoms with E-state index in [4.69, 9.17) is 4.74 Å². The maximum Gasteiger partial charge on any atom is 0.185 e. The van der Waals surface area contributed by atoms with Gasteiger partial charge in [-0.3, -0.25) is 14.8 Å². The van der Waals surface area contributed by atoms with Gasteiger partial charge in [-0.1, -0.05) is 48.5 Å². The van der Waals surface area contributed by atoms with Crippen molar-refractivity contribution in [3.8, 4) is 16.9 Å². The lowest BCUT2D eigenvalue weighted by atomic mass is 10.0. The van der Waals surface area contributed by atoms with Gasteiger partial charge in [0.05, 0.1) is 17.1 Å². The monoisotopic (exact) mass is 420 g/mol. The van der Waals surface area contributed by atoms with Crippen molar-refractivity contribution in [3.05, 3.63) is 96.3 Å². The second-order valence-corrected chi connectivity index (χ2v) is 8.13. The van der Waals surface area contributed by atoms with Crippen molar-refractivity contribution < 1.29 is 9.53 Å². The number of nitrogens with zero attached hydrogens (tertiary/aromatic N) is 2. The number of aromatic nitrogens is 2. The Bertz CT molecular complexity index is 1250. The molecular formula is C28H24N2O2. The van der Waals surface area contributed by atoms with Gasteiger partial charge in [0.1, 0.15) is 5.75 Å². The van der Waals surface area contributed by atoms with E-state index < -0.39 is 0 Å². The molecule has 1 fully saturated rings. The van der Waals surface area contributed by atoms with E-state index in [0.29, 0.717) is 11.7 Å². The van der Waals surface area contributed by atoms with E-state index in [-0.39, 0.29) is 5.78 Å². The topological polar surface area (TPSA) is 52.1 Å². The van der Waals surface area contributed by atoms with Crippen LogP contribution in [0.4, 0.5) is 0 Å². The van der Waals surface area contributed by atoms with Gasteiger partial charge in [-0.2, -0.15) is 0 Å². The van der Waals surface area contributed by atoms with Crippen molar-refractivity contribution in [1.29, 1.82) is 0 Å². The fourth-order valence-corrected chi connectivity index (χ4v) is 4.10. The molecule has 0 aliphatic heterocycles. The number of fused-ring (bicyclic) bond motifs is 1. The molecule has 0 amide bonds. The number of hydrogen-bond donors (Lipinski definition) is 0. The Balaban J connectivity index is 1.25. The highest BCUT2D eigenvalue weighted by atomic mass is 16.5. The molecular weight excluding hydrogens is 396 g/mol. The van der Waals surface area contributed by atoms with E-state index in [0.717, 1.165) is 46.3 Å². The predicted octanol–water partition coefficient (Wildman–Crippen LogP) is 6.51. The molecule has 4 heteroatoms. The summed E-state index contributed by atoms with van der Waals surface area (Å²) in [6.07, 6.45) is 11.9. The maximum atomic E-state index is 12.6. The van der Waals surface area contributed by atoms with Crippen molar-refractivity contribution in [2.75, 3.05) is 0 Å². The molecule has 4 nitrogen and oxygen atoms in total. The number of benzene rings is 3. The Morgan fingerprint density at radius 3 is 2.19 bits per heavy atom. The first-order valence-corrected chi connectivity index (χ1v) is 11.0. The van der Waals surface area contributed by atoms with Crippen LogP contribution in [0.5, 0.6) is 5.75 Å². The van der Waals surface area contributed by atoms with Crippen molar-refractivity contribution >= 4 is 22.9 Å². The van der Waals surface area contributed by atoms with Gasteiger partial charge >= 0.3 is 0 Å². The van der Waals surface area contributed by atoms with E-state index in [2.05, 4.69) is 22.1 Å². The minimum Gasteiger partial charge on any atom is -0.490 e. The first-order valence-electron chi connectivity index (χ1n) is 11.0. The first kappa shape index (κ1) is 20.1. The number of carbonyl (C=O) groups excluding carboxylic acids is 1. The van der Waals surface area contributed by atoms with Crippen LogP contribution in [0.15, 0.2) is 85.2 Å². The van der Waals surface area contributed by atoms with E-state index in [9.17, 15) is 4.79 Å². The SMILES string of the molecule is O=C(/C=C/c1ccc2nccnc2c1)c1ccc(-c2ccc(OC3CCCC3)cc2)cc1. The smallest absolute Gasteiger partial charge is 0.185 e.